The molecule has 0 aromatic carbocycles. The van der Waals surface area contributed by atoms with E-state index in [9.17, 15) is 0 Å². The molecule has 0 radical (unpaired) electrons. The highest BCUT2D eigenvalue weighted by molar-refractivity contribution is 5.69. The number of nitrogens with zero attached hydrogens (tertiary/aromatic N) is 1. The Bertz CT molecular complexity index is 202. The van der Waals surface area contributed by atoms with Gasteiger partial charge in [-0.15, -0.1) is 0 Å². The summed E-state index contributed by atoms with van der Waals surface area (Å²) >= 11 is 0. The average Bonchev–Trinajstić information content (AvgIpc) is 1.86. The van der Waals surface area contributed by atoms with Gasteiger partial charge in [0.1, 0.15) is 11.9 Å². The third kappa shape index (κ3) is 2.07. The summed E-state index contributed by atoms with van der Waals surface area (Å²) in [5.41, 5.74) is 0.794. The van der Waals surface area contributed by atoms with Crippen LogP contribution in [-0.4, -0.2) is 11.8 Å². The predicted molar refractivity (Wildman–Crippen MR) is 46.6 cm³/mol. The highest BCUT2D eigenvalue weighted by Crippen LogP contribution is 2.19. The van der Waals surface area contributed by atoms with Crippen LogP contribution in [0.2, 0.25) is 0 Å². The maximum Gasteiger partial charge on any atom is 0.138 e. The van der Waals surface area contributed by atoms with Crippen molar-refractivity contribution in [1.82, 2.24) is 0 Å². The summed E-state index contributed by atoms with van der Waals surface area (Å²) in [4.78, 5) is 4.29. The van der Waals surface area contributed by atoms with E-state index in [0.29, 0.717) is 5.92 Å². The first-order valence-electron chi connectivity index (χ1n) is 3.94. The van der Waals surface area contributed by atoms with Crippen molar-refractivity contribution in [1.29, 1.82) is 0 Å². The molecule has 0 bridgehead atoms. The number of hydrogen-bond donors (Lipinski definition) is 0. The molecule has 0 unspecified atom stereocenters. The summed E-state index contributed by atoms with van der Waals surface area (Å²) in [7, 11) is 0. The van der Waals surface area contributed by atoms with Crippen LogP contribution in [0.5, 0.6) is 0 Å². The van der Waals surface area contributed by atoms with Crippen LogP contribution in [0.15, 0.2) is 17.0 Å². The molecule has 0 N–H and O–H groups in total. The molecule has 2 heteroatoms. The SMILES string of the molecule is CC(C)C1=COC(C)(C)C=N1. The zero-order valence-electron chi connectivity index (χ0n) is 7.59. The van der Waals surface area contributed by atoms with Gasteiger partial charge in [0.15, 0.2) is 0 Å². The van der Waals surface area contributed by atoms with Crippen LogP contribution >= 0.6 is 0 Å². The fourth-order valence-electron chi connectivity index (χ4n) is 0.788. The molecule has 0 amide bonds. The lowest BCUT2D eigenvalue weighted by Gasteiger charge is -2.24. The van der Waals surface area contributed by atoms with Crippen LogP contribution in [0.4, 0.5) is 0 Å². The Morgan fingerprint density at radius 3 is 2.45 bits per heavy atom. The van der Waals surface area contributed by atoms with Crippen molar-refractivity contribution in [2.45, 2.75) is 33.3 Å². The Morgan fingerprint density at radius 1 is 1.45 bits per heavy atom. The lowest BCUT2D eigenvalue weighted by molar-refractivity contribution is 0.120. The van der Waals surface area contributed by atoms with E-state index in [1.54, 1.807) is 6.26 Å². The number of ether oxygens (including phenoxy) is 1. The summed E-state index contributed by atoms with van der Waals surface area (Å²) < 4.78 is 5.43. The molecule has 1 aliphatic heterocycles. The first-order chi connectivity index (χ1) is 5.01. The molecule has 0 spiro atoms. The molecule has 1 heterocycles. The molecule has 0 saturated carbocycles. The molecule has 0 atom stereocenters. The molecule has 11 heavy (non-hydrogen) atoms. The molecule has 2 nitrogen and oxygen atoms in total. The monoisotopic (exact) mass is 153 g/mol. The van der Waals surface area contributed by atoms with Crippen molar-refractivity contribution >= 4 is 6.21 Å². The quantitative estimate of drug-likeness (QED) is 0.566. The van der Waals surface area contributed by atoms with Gasteiger partial charge in [0.05, 0.1) is 5.70 Å². The molecule has 0 aliphatic carbocycles. The van der Waals surface area contributed by atoms with Gasteiger partial charge in [0.25, 0.3) is 0 Å². The lowest BCUT2D eigenvalue weighted by atomic mass is 10.1. The largest absolute Gasteiger partial charge is 0.488 e. The van der Waals surface area contributed by atoms with Crippen LogP contribution in [0.3, 0.4) is 0 Å². The van der Waals surface area contributed by atoms with Crippen LogP contribution in [0, 0.1) is 5.92 Å². The van der Waals surface area contributed by atoms with Gasteiger partial charge in [-0.2, -0.15) is 0 Å². The zero-order chi connectivity index (χ0) is 8.48. The smallest absolute Gasteiger partial charge is 0.138 e. The molecule has 0 fully saturated rings. The van der Waals surface area contributed by atoms with Crippen molar-refractivity contribution in [3.05, 3.63) is 12.0 Å². The topological polar surface area (TPSA) is 21.6 Å². The summed E-state index contributed by atoms with van der Waals surface area (Å²) in [6, 6.07) is 0. The normalized spacial score (nSPS) is 21.4. The van der Waals surface area contributed by atoms with Crippen LogP contribution < -0.4 is 0 Å². The number of rotatable bonds is 1. The highest BCUT2D eigenvalue weighted by Gasteiger charge is 2.19. The van der Waals surface area contributed by atoms with E-state index < -0.39 is 0 Å². The van der Waals surface area contributed by atoms with Gasteiger partial charge in [-0.05, 0) is 19.8 Å². The maximum atomic E-state index is 5.43. The summed E-state index contributed by atoms with van der Waals surface area (Å²) in [6.07, 6.45) is 3.60. The van der Waals surface area contributed by atoms with E-state index in [1.165, 1.54) is 0 Å². The van der Waals surface area contributed by atoms with Crippen molar-refractivity contribution in [3.8, 4) is 0 Å². The van der Waals surface area contributed by atoms with Gasteiger partial charge >= 0.3 is 0 Å². The number of allylic oxidation sites excluding steroid dienone is 1. The maximum absolute atomic E-state index is 5.43. The van der Waals surface area contributed by atoms with E-state index in [1.807, 2.05) is 20.1 Å². The van der Waals surface area contributed by atoms with E-state index in [2.05, 4.69) is 18.8 Å². The Kier molecular flexibility index (Phi) is 2.03. The van der Waals surface area contributed by atoms with Crippen LogP contribution in [0.25, 0.3) is 0 Å². The molecule has 62 valence electrons. The Hall–Kier alpha value is -0.790. The lowest BCUT2D eigenvalue weighted by Crippen LogP contribution is -2.26. The van der Waals surface area contributed by atoms with Crippen molar-refractivity contribution in [2.75, 3.05) is 0 Å². The van der Waals surface area contributed by atoms with Crippen LogP contribution in [0.1, 0.15) is 27.7 Å². The Labute approximate surface area is 68.0 Å². The minimum atomic E-state index is -0.224. The second kappa shape index (κ2) is 2.68. The summed E-state index contributed by atoms with van der Waals surface area (Å²) in [6.45, 7) is 8.18. The highest BCUT2D eigenvalue weighted by atomic mass is 16.5. The third-order valence-electron chi connectivity index (χ3n) is 1.60. The molecule has 1 aliphatic rings. The van der Waals surface area contributed by atoms with Crippen molar-refractivity contribution in [3.63, 3.8) is 0 Å². The molecular formula is C9H15NO. The second-order valence-corrected chi connectivity index (χ2v) is 3.68. The standard InChI is InChI=1S/C9H15NO/c1-7(2)8-5-11-9(3,4)6-10-8/h5-7H,1-4H3. The van der Waals surface area contributed by atoms with E-state index >= 15 is 0 Å². The first-order valence-corrected chi connectivity index (χ1v) is 3.94. The van der Waals surface area contributed by atoms with E-state index in [-0.39, 0.29) is 5.60 Å². The van der Waals surface area contributed by atoms with E-state index in [0.717, 1.165) is 5.70 Å². The molecule has 1 rings (SSSR count). The minimum Gasteiger partial charge on any atom is -0.488 e. The van der Waals surface area contributed by atoms with Gasteiger partial charge < -0.3 is 4.74 Å². The third-order valence-corrected chi connectivity index (χ3v) is 1.60. The molecule has 0 aromatic rings. The van der Waals surface area contributed by atoms with E-state index in [4.69, 9.17) is 4.74 Å². The van der Waals surface area contributed by atoms with Crippen LogP contribution in [-0.2, 0) is 4.74 Å². The fourth-order valence-corrected chi connectivity index (χ4v) is 0.788. The van der Waals surface area contributed by atoms with Gasteiger partial charge in [-0.1, -0.05) is 13.8 Å². The average molecular weight is 153 g/mol. The molecule has 0 aromatic heterocycles. The zero-order valence-corrected chi connectivity index (χ0v) is 7.59. The van der Waals surface area contributed by atoms with Gasteiger partial charge in [-0.25, -0.2) is 0 Å². The van der Waals surface area contributed by atoms with Gasteiger partial charge in [-0.3, -0.25) is 4.99 Å². The summed E-state index contributed by atoms with van der Waals surface area (Å²) in [5.74, 6) is 0.447. The molecule has 0 saturated heterocycles. The van der Waals surface area contributed by atoms with Gasteiger partial charge in [0.2, 0.25) is 0 Å². The van der Waals surface area contributed by atoms with Gasteiger partial charge in [0, 0.05) is 6.21 Å². The Morgan fingerprint density at radius 2 is 2.09 bits per heavy atom. The molecular weight excluding hydrogens is 138 g/mol. The predicted octanol–water partition coefficient (Wildman–Crippen LogP) is 2.36. The first kappa shape index (κ1) is 8.31. The second-order valence-electron chi connectivity index (χ2n) is 3.68. The van der Waals surface area contributed by atoms with Crippen molar-refractivity contribution in [2.24, 2.45) is 10.9 Å². The fraction of sp³-hybridized carbons (Fsp3) is 0.667. The van der Waals surface area contributed by atoms with Crippen molar-refractivity contribution < 1.29 is 4.74 Å². The number of aliphatic imine (C=N–C) groups is 1. The number of hydrogen-bond acceptors (Lipinski definition) is 2. The minimum absolute atomic E-state index is 0.224. The Balaban J connectivity index is 2.68. The summed E-state index contributed by atoms with van der Waals surface area (Å²) in [5, 5.41) is 0.